The van der Waals surface area contributed by atoms with Gasteiger partial charge in [0.05, 0.1) is 18.1 Å². The largest absolute Gasteiger partial charge is 0.495 e. The molecular weight excluding hydrogens is 368 g/mol. The first kappa shape index (κ1) is 19.7. The van der Waals surface area contributed by atoms with Crippen LogP contribution in [0.4, 0.5) is 0 Å². The number of Topliss-reactive ketones (excluding diaryl/α,β-unsaturated/α-hetero) is 1. The SMILES string of the molecule is CCCc1cc(=O)oc2c(C(=O)C3CCCC3)c(OC)c3c(c12)OC(C)(C)C=C3. The summed E-state index contributed by atoms with van der Waals surface area (Å²) in [6.07, 6.45) is 9.30. The Kier molecular flexibility index (Phi) is 5.01. The molecule has 5 heteroatoms. The van der Waals surface area contributed by atoms with Crippen LogP contribution in [0.5, 0.6) is 11.5 Å². The van der Waals surface area contributed by atoms with Crippen molar-refractivity contribution in [2.24, 2.45) is 5.92 Å². The first-order valence-corrected chi connectivity index (χ1v) is 10.5. The molecule has 2 aliphatic rings. The normalized spacial score (nSPS) is 17.9. The fourth-order valence-corrected chi connectivity index (χ4v) is 4.57. The molecule has 4 rings (SSSR count). The van der Waals surface area contributed by atoms with Gasteiger partial charge >= 0.3 is 5.63 Å². The molecule has 0 bridgehead atoms. The van der Waals surface area contributed by atoms with Crippen LogP contribution in [-0.2, 0) is 6.42 Å². The minimum absolute atomic E-state index is 0.00202. The van der Waals surface area contributed by atoms with Gasteiger partial charge in [0.1, 0.15) is 22.7 Å². The van der Waals surface area contributed by atoms with Gasteiger partial charge in [0.25, 0.3) is 0 Å². The lowest BCUT2D eigenvalue weighted by Crippen LogP contribution is -2.28. The van der Waals surface area contributed by atoms with Crippen molar-refractivity contribution in [1.82, 2.24) is 0 Å². The van der Waals surface area contributed by atoms with Crippen LogP contribution in [0.25, 0.3) is 17.0 Å². The van der Waals surface area contributed by atoms with Gasteiger partial charge in [-0.15, -0.1) is 0 Å². The highest BCUT2D eigenvalue weighted by Crippen LogP contribution is 2.48. The summed E-state index contributed by atoms with van der Waals surface area (Å²) in [4.78, 5) is 25.9. The molecule has 0 N–H and O–H groups in total. The van der Waals surface area contributed by atoms with Crippen LogP contribution in [0.3, 0.4) is 0 Å². The maximum absolute atomic E-state index is 13.5. The van der Waals surface area contributed by atoms with Crippen molar-refractivity contribution in [3.8, 4) is 11.5 Å². The summed E-state index contributed by atoms with van der Waals surface area (Å²) in [7, 11) is 1.55. The number of carbonyl (C=O) groups excluding carboxylic acids is 1. The van der Waals surface area contributed by atoms with E-state index in [9.17, 15) is 9.59 Å². The van der Waals surface area contributed by atoms with Gasteiger partial charge in [-0.05, 0) is 50.8 Å². The molecule has 1 aromatic carbocycles. The van der Waals surface area contributed by atoms with Crippen LogP contribution in [0.1, 0.15) is 74.4 Å². The summed E-state index contributed by atoms with van der Waals surface area (Å²) in [5.41, 5.74) is 1.32. The van der Waals surface area contributed by atoms with Crippen molar-refractivity contribution in [3.05, 3.63) is 39.3 Å². The van der Waals surface area contributed by atoms with E-state index in [2.05, 4.69) is 6.92 Å². The fourth-order valence-electron chi connectivity index (χ4n) is 4.57. The van der Waals surface area contributed by atoms with Gasteiger partial charge in [-0.25, -0.2) is 4.79 Å². The van der Waals surface area contributed by atoms with Crippen LogP contribution < -0.4 is 15.1 Å². The number of hydrogen-bond donors (Lipinski definition) is 0. The molecule has 29 heavy (non-hydrogen) atoms. The predicted octanol–water partition coefficient (Wildman–Crippen LogP) is 5.31. The van der Waals surface area contributed by atoms with E-state index < -0.39 is 11.2 Å². The highest BCUT2D eigenvalue weighted by molar-refractivity contribution is 6.13. The molecule has 0 amide bonds. The van der Waals surface area contributed by atoms with Crippen molar-refractivity contribution in [3.63, 3.8) is 0 Å². The number of hydrogen-bond acceptors (Lipinski definition) is 5. The summed E-state index contributed by atoms with van der Waals surface area (Å²) >= 11 is 0. The first-order valence-electron chi connectivity index (χ1n) is 10.5. The molecule has 1 aliphatic heterocycles. The van der Waals surface area contributed by atoms with Crippen molar-refractivity contribution in [1.29, 1.82) is 0 Å². The predicted molar refractivity (Wildman–Crippen MR) is 113 cm³/mol. The first-order chi connectivity index (χ1) is 13.9. The summed E-state index contributed by atoms with van der Waals surface area (Å²) in [6.45, 7) is 6.01. The minimum Gasteiger partial charge on any atom is -0.495 e. The fraction of sp³-hybridized carbons (Fsp3) is 0.500. The molecule has 0 radical (unpaired) electrons. The summed E-state index contributed by atoms with van der Waals surface area (Å²) in [5, 5.41) is 0.723. The third kappa shape index (κ3) is 3.37. The molecule has 1 fully saturated rings. The van der Waals surface area contributed by atoms with Gasteiger partial charge in [0, 0.05) is 12.0 Å². The Hall–Kier alpha value is -2.56. The van der Waals surface area contributed by atoms with Gasteiger partial charge in [0.15, 0.2) is 11.4 Å². The van der Waals surface area contributed by atoms with Crippen LogP contribution in [-0.4, -0.2) is 18.5 Å². The smallest absolute Gasteiger partial charge is 0.336 e. The molecule has 1 aromatic heterocycles. The summed E-state index contributed by atoms with van der Waals surface area (Å²) < 4.78 is 17.7. The van der Waals surface area contributed by atoms with Crippen molar-refractivity contribution >= 4 is 22.8 Å². The lowest BCUT2D eigenvalue weighted by atomic mass is 9.88. The Labute approximate surface area is 170 Å². The molecule has 2 aromatic rings. The van der Waals surface area contributed by atoms with Gasteiger partial charge < -0.3 is 13.9 Å². The Morgan fingerprint density at radius 1 is 1.28 bits per heavy atom. The lowest BCUT2D eigenvalue weighted by Gasteiger charge is -2.31. The Morgan fingerprint density at radius 3 is 2.66 bits per heavy atom. The Morgan fingerprint density at radius 2 is 2.00 bits per heavy atom. The van der Waals surface area contributed by atoms with E-state index in [4.69, 9.17) is 13.9 Å². The van der Waals surface area contributed by atoms with E-state index in [1.807, 2.05) is 26.0 Å². The summed E-state index contributed by atoms with van der Waals surface area (Å²) in [6, 6.07) is 1.52. The maximum atomic E-state index is 13.5. The second-order valence-electron chi connectivity index (χ2n) is 8.58. The third-order valence-electron chi connectivity index (χ3n) is 5.93. The van der Waals surface area contributed by atoms with E-state index in [1.54, 1.807) is 7.11 Å². The Bertz CT molecular complexity index is 1050. The molecule has 1 saturated carbocycles. The second kappa shape index (κ2) is 7.36. The Balaban J connectivity index is 2.11. The van der Waals surface area contributed by atoms with Crippen LogP contribution in [0.15, 0.2) is 21.4 Å². The molecule has 0 spiro atoms. The topological polar surface area (TPSA) is 65.7 Å². The monoisotopic (exact) mass is 396 g/mol. The molecule has 0 atom stereocenters. The van der Waals surface area contributed by atoms with Crippen molar-refractivity contribution in [2.75, 3.05) is 7.11 Å². The van der Waals surface area contributed by atoms with Gasteiger partial charge in [-0.3, -0.25) is 4.79 Å². The van der Waals surface area contributed by atoms with Crippen LogP contribution in [0, 0.1) is 5.92 Å². The minimum atomic E-state index is -0.512. The number of methoxy groups -OCH3 is 1. The van der Waals surface area contributed by atoms with E-state index in [1.165, 1.54) is 6.07 Å². The third-order valence-corrected chi connectivity index (χ3v) is 5.93. The van der Waals surface area contributed by atoms with Crippen LogP contribution in [0.2, 0.25) is 0 Å². The number of ketones is 1. The zero-order valence-electron chi connectivity index (χ0n) is 17.6. The molecule has 1 aliphatic carbocycles. The zero-order valence-corrected chi connectivity index (χ0v) is 17.6. The van der Waals surface area contributed by atoms with Gasteiger partial charge in [0.2, 0.25) is 0 Å². The van der Waals surface area contributed by atoms with Gasteiger partial charge in [-0.2, -0.15) is 0 Å². The van der Waals surface area contributed by atoms with E-state index in [0.29, 0.717) is 29.1 Å². The van der Waals surface area contributed by atoms with Crippen molar-refractivity contribution in [2.45, 2.75) is 64.9 Å². The van der Waals surface area contributed by atoms with E-state index in [-0.39, 0.29) is 11.7 Å². The number of carbonyl (C=O) groups is 1. The molecule has 0 saturated heterocycles. The number of fused-ring (bicyclic) bond motifs is 3. The summed E-state index contributed by atoms with van der Waals surface area (Å²) in [5.74, 6) is 1.00. The highest BCUT2D eigenvalue weighted by atomic mass is 16.5. The number of benzene rings is 1. The molecule has 154 valence electrons. The molecule has 2 heterocycles. The molecular formula is C24H28O5. The van der Waals surface area contributed by atoms with Crippen LogP contribution >= 0.6 is 0 Å². The standard InChI is InChI=1S/C24H28O5/c1-5-8-15-13-17(25)28-23-18(15)22-16(11-12-24(2,3)29-22)21(27-4)19(23)20(26)14-9-6-7-10-14/h11-14H,5-10H2,1-4H3. The maximum Gasteiger partial charge on any atom is 0.336 e. The van der Waals surface area contributed by atoms with Crippen molar-refractivity contribution < 1.29 is 18.7 Å². The average Bonchev–Trinajstić information content (AvgIpc) is 3.20. The quantitative estimate of drug-likeness (QED) is 0.506. The second-order valence-corrected chi connectivity index (χ2v) is 8.58. The highest BCUT2D eigenvalue weighted by Gasteiger charge is 2.35. The van der Waals surface area contributed by atoms with E-state index in [0.717, 1.165) is 48.6 Å². The molecule has 5 nitrogen and oxygen atoms in total. The van der Waals surface area contributed by atoms with E-state index >= 15 is 0 Å². The number of aryl methyl sites for hydroxylation is 1. The van der Waals surface area contributed by atoms with Gasteiger partial charge in [-0.1, -0.05) is 26.2 Å². The lowest BCUT2D eigenvalue weighted by molar-refractivity contribution is 0.0920. The number of ether oxygens (including phenoxy) is 2. The average molecular weight is 396 g/mol. The zero-order chi connectivity index (χ0) is 20.8. The number of rotatable bonds is 5. The molecule has 0 unspecified atom stereocenters.